The Balaban J connectivity index is 3.71. The number of rotatable bonds is 11. The number of carbonyl (C=O) groups is 2. The summed E-state index contributed by atoms with van der Waals surface area (Å²) in [5.74, 6) is -1.64. The third kappa shape index (κ3) is 11.9. The molecule has 0 bridgehead atoms. The molecule has 112 valence electrons. The van der Waals surface area contributed by atoms with Crippen molar-refractivity contribution in [3.63, 3.8) is 0 Å². The fraction of sp³-hybridized carbons (Fsp3) is 0.846. The molecule has 0 heterocycles. The van der Waals surface area contributed by atoms with Gasteiger partial charge < -0.3 is 14.6 Å². The zero-order valence-corrected chi connectivity index (χ0v) is 13.1. The molecule has 0 aromatic heterocycles. The van der Waals surface area contributed by atoms with Crippen LogP contribution in [0.25, 0.3) is 0 Å². The third-order valence-electron chi connectivity index (χ3n) is 2.63. The Labute approximate surface area is 116 Å². The second kappa shape index (κ2) is 9.09. The predicted molar refractivity (Wildman–Crippen MR) is 75.8 cm³/mol. The van der Waals surface area contributed by atoms with Gasteiger partial charge in [0.15, 0.2) is 8.32 Å². The molecule has 1 atom stereocenters. The average molecular weight is 290 g/mol. The summed E-state index contributed by atoms with van der Waals surface area (Å²) in [4.78, 5) is 21.4. The number of hydrogen-bond acceptors (Lipinski definition) is 3. The molecule has 1 unspecified atom stereocenters. The summed E-state index contributed by atoms with van der Waals surface area (Å²) in [7, 11) is -1.82. The van der Waals surface area contributed by atoms with Crippen LogP contribution >= 0.6 is 0 Å². The number of unbranched alkanes of at least 4 members (excludes halogenated alkanes) is 4. The Kier molecular flexibility index (Phi) is 8.67. The zero-order valence-electron chi connectivity index (χ0n) is 12.1. The van der Waals surface area contributed by atoms with Gasteiger partial charge in [-0.15, -0.1) is 0 Å². The molecule has 0 saturated heterocycles. The molecule has 2 N–H and O–H groups in total. The van der Waals surface area contributed by atoms with Crippen molar-refractivity contribution in [2.75, 3.05) is 0 Å². The van der Waals surface area contributed by atoms with E-state index < -0.39 is 26.4 Å². The van der Waals surface area contributed by atoms with E-state index in [9.17, 15) is 9.59 Å². The third-order valence-corrected chi connectivity index (χ3v) is 3.62. The van der Waals surface area contributed by atoms with E-state index >= 15 is 0 Å². The van der Waals surface area contributed by atoms with Gasteiger partial charge in [-0.25, -0.2) is 4.79 Å². The maximum absolute atomic E-state index is 11.1. The van der Waals surface area contributed by atoms with Gasteiger partial charge in [0.2, 0.25) is 0 Å². The summed E-state index contributed by atoms with van der Waals surface area (Å²) >= 11 is 0. The lowest BCUT2D eigenvalue weighted by Crippen LogP contribution is -2.36. The maximum Gasteiger partial charge on any atom is 0.331 e. The summed E-state index contributed by atoms with van der Waals surface area (Å²) in [6.45, 7) is 5.94. The van der Waals surface area contributed by atoms with Crippen molar-refractivity contribution in [2.45, 2.75) is 70.7 Å². The highest BCUT2D eigenvalue weighted by atomic mass is 28.4. The smallest absolute Gasteiger partial charge is 0.331 e. The van der Waals surface area contributed by atoms with E-state index in [0.29, 0.717) is 12.8 Å². The van der Waals surface area contributed by atoms with Crippen molar-refractivity contribution in [1.29, 1.82) is 0 Å². The molecule has 0 spiro atoms. The van der Waals surface area contributed by atoms with Crippen LogP contribution in [0.4, 0.5) is 0 Å². The maximum atomic E-state index is 11.1. The van der Waals surface area contributed by atoms with Gasteiger partial charge in [0, 0.05) is 6.42 Å². The minimum absolute atomic E-state index is 0.219. The molecular formula is C13H26O5Si. The molecule has 0 aliphatic rings. The number of carboxylic acids is 2. The summed E-state index contributed by atoms with van der Waals surface area (Å²) in [6.07, 6.45) is 4.35. The van der Waals surface area contributed by atoms with Crippen LogP contribution in [0.3, 0.4) is 0 Å². The van der Waals surface area contributed by atoms with Gasteiger partial charge in [-0.2, -0.15) is 0 Å². The molecule has 0 amide bonds. The van der Waals surface area contributed by atoms with Gasteiger partial charge in [-0.1, -0.05) is 25.7 Å². The zero-order chi connectivity index (χ0) is 14.9. The van der Waals surface area contributed by atoms with Crippen LogP contribution in [0.1, 0.15) is 44.9 Å². The van der Waals surface area contributed by atoms with Crippen molar-refractivity contribution in [1.82, 2.24) is 0 Å². The average Bonchev–Trinajstić information content (AvgIpc) is 2.23. The Morgan fingerprint density at radius 1 is 1.00 bits per heavy atom. The number of aliphatic carboxylic acids is 2. The van der Waals surface area contributed by atoms with E-state index in [2.05, 4.69) is 0 Å². The summed E-state index contributed by atoms with van der Waals surface area (Å²) in [5, 5.41) is 17.6. The van der Waals surface area contributed by atoms with E-state index in [1.54, 1.807) is 0 Å². The minimum Gasteiger partial charge on any atom is -0.481 e. The highest BCUT2D eigenvalue weighted by Crippen LogP contribution is 2.15. The van der Waals surface area contributed by atoms with Gasteiger partial charge in [-0.3, -0.25) is 4.79 Å². The molecule has 0 aliphatic carbocycles. The summed E-state index contributed by atoms with van der Waals surface area (Å²) in [5.41, 5.74) is 0. The van der Waals surface area contributed by atoms with Crippen LogP contribution < -0.4 is 0 Å². The van der Waals surface area contributed by atoms with Crippen molar-refractivity contribution in [3.8, 4) is 0 Å². The van der Waals surface area contributed by atoms with Crippen molar-refractivity contribution < 1.29 is 24.2 Å². The molecule has 0 saturated carbocycles. The monoisotopic (exact) mass is 290 g/mol. The van der Waals surface area contributed by atoms with Crippen LogP contribution in [0.5, 0.6) is 0 Å². The van der Waals surface area contributed by atoms with Crippen LogP contribution in [-0.4, -0.2) is 36.6 Å². The van der Waals surface area contributed by atoms with E-state index in [4.69, 9.17) is 14.6 Å². The molecule has 0 aromatic rings. The van der Waals surface area contributed by atoms with Crippen LogP contribution in [0.2, 0.25) is 19.6 Å². The van der Waals surface area contributed by atoms with Crippen LogP contribution in [0, 0.1) is 0 Å². The van der Waals surface area contributed by atoms with E-state index in [0.717, 1.165) is 25.7 Å². The van der Waals surface area contributed by atoms with E-state index in [-0.39, 0.29) is 6.42 Å². The molecule has 6 heteroatoms. The van der Waals surface area contributed by atoms with Gasteiger partial charge in [0.05, 0.1) is 0 Å². The van der Waals surface area contributed by atoms with Crippen molar-refractivity contribution >= 4 is 20.3 Å². The first kappa shape index (κ1) is 18.1. The first-order valence-corrected chi connectivity index (χ1v) is 10.3. The first-order valence-electron chi connectivity index (χ1n) is 6.85. The second-order valence-electron chi connectivity index (χ2n) is 5.76. The molecule has 0 radical (unpaired) electrons. The molecule has 0 aromatic carbocycles. The van der Waals surface area contributed by atoms with Crippen molar-refractivity contribution in [3.05, 3.63) is 0 Å². The number of hydrogen-bond donors (Lipinski definition) is 2. The summed E-state index contributed by atoms with van der Waals surface area (Å²) < 4.78 is 5.62. The summed E-state index contributed by atoms with van der Waals surface area (Å²) in [6, 6.07) is 0. The van der Waals surface area contributed by atoms with Crippen LogP contribution in [0.15, 0.2) is 0 Å². The molecule has 0 fully saturated rings. The van der Waals surface area contributed by atoms with Crippen LogP contribution in [-0.2, 0) is 14.0 Å². The van der Waals surface area contributed by atoms with Gasteiger partial charge in [-0.05, 0) is 32.5 Å². The largest absolute Gasteiger partial charge is 0.481 e. The van der Waals surface area contributed by atoms with Gasteiger partial charge in [0.25, 0.3) is 0 Å². The van der Waals surface area contributed by atoms with E-state index in [1.165, 1.54) is 0 Å². The Bertz CT molecular complexity index is 285. The lowest BCUT2D eigenvalue weighted by molar-refractivity contribution is -0.146. The Morgan fingerprint density at radius 2 is 1.53 bits per heavy atom. The Hall–Kier alpha value is -0.883. The quantitative estimate of drug-likeness (QED) is 0.451. The SMILES string of the molecule is C[Si](C)(C)OC(CCCCCCCC(=O)O)C(=O)O. The predicted octanol–water partition coefficient (Wildman–Crippen LogP) is 3.11. The molecule has 5 nitrogen and oxygen atoms in total. The topological polar surface area (TPSA) is 83.8 Å². The standard InChI is InChI=1S/C13H26O5Si/c1-19(2,3)18-11(13(16)17)9-7-5-4-6-8-10-12(14)15/h11H,4-10H2,1-3H3,(H,14,15)(H,16,17). The van der Waals surface area contributed by atoms with Crippen molar-refractivity contribution in [2.24, 2.45) is 0 Å². The lowest BCUT2D eigenvalue weighted by atomic mass is 10.1. The van der Waals surface area contributed by atoms with Gasteiger partial charge in [0.1, 0.15) is 6.10 Å². The number of carboxylic acid groups (broad SMARTS) is 2. The fourth-order valence-corrected chi connectivity index (χ4v) is 2.87. The minimum atomic E-state index is -1.82. The second-order valence-corrected chi connectivity index (χ2v) is 10.2. The molecule has 0 rings (SSSR count). The Morgan fingerprint density at radius 3 is 2.00 bits per heavy atom. The first-order chi connectivity index (χ1) is 8.72. The highest BCUT2D eigenvalue weighted by Gasteiger charge is 2.25. The molecule has 19 heavy (non-hydrogen) atoms. The van der Waals surface area contributed by atoms with Gasteiger partial charge >= 0.3 is 11.9 Å². The fourth-order valence-electron chi connectivity index (χ4n) is 1.80. The molecule has 0 aliphatic heterocycles. The highest BCUT2D eigenvalue weighted by molar-refractivity contribution is 6.69. The van der Waals surface area contributed by atoms with E-state index in [1.807, 2.05) is 19.6 Å². The normalized spacial score (nSPS) is 13.2. The molecular weight excluding hydrogens is 264 g/mol. The lowest BCUT2D eigenvalue weighted by Gasteiger charge is -2.23.